The van der Waals surface area contributed by atoms with Crippen LogP contribution < -0.4 is 0 Å². The minimum atomic E-state index is -0.520. The minimum absolute atomic E-state index is 0.0610. The summed E-state index contributed by atoms with van der Waals surface area (Å²) in [5.41, 5.74) is 2.42. The Bertz CT molecular complexity index is 1070. The smallest absolute Gasteiger partial charge is 0.259 e. The Morgan fingerprint density at radius 3 is 2.77 bits per heavy atom. The lowest BCUT2D eigenvalue weighted by molar-refractivity contribution is -0.0247. The topological polar surface area (TPSA) is 81.4 Å². The van der Waals surface area contributed by atoms with E-state index in [0.29, 0.717) is 47.1 Å². The molecule has 0 bridgehead atoms. The molecule has 0 saturated carbocycles. The van der Waals surface area contributed by atoms with Crippen LogP contribution in [0.5, 0.6) is 0 Å². The van der Waals surface area contributed by atoms with E-state index in [2.05, 4.69) is 15.1 Å². The Balaban J connectivity index is 1.64. The normalized spacial score (nSPS) is 16.8. The number of morpholine rings is 1. The third-order valence-electron chi connectivity index (χ3n) is 5.16. The molecule has 3 aromatic rings. The van der Waals surface area contributed by atoms with Crippen LogP contribution in [0.4, 0.5) is 4.39 Å². The van der Waals surface area contributed by atoms with Crippen molar-refractivity contribution in [2.75, 3.05) is 19.7 Å². The lowest BCUT2D eigenvalue weighted by Gasteiger charge is -2.33. The van der Waals surface area contributed by atoms with Crippen molar-refractivity contribution in [3.63, 3.8) is 0 Å². The first-order valence-corrected chi connectivity index (χ1v) is 9.90. The highest BCUT2D eigenvalue weighted by Gasteiger charge is 2.33. The molecule has 7 nitrogen and oxygen atoms in total. The molecular formula is C22H23FN4O3. The molecule has 1 aliphatic heterocycles. The zero-order chi connectivity index (χ0) is 21.3. The van der Waals surface area contributed by atoms with Gasteiger partial charge in [0.1, 0.15) is 23.2 Å². The highest BCUT2D eigenvalue weighted by molar-refractivity contribution is 5.96. The fourth-order valence-corrected chi connectivity index (χ4v) is 3.65. The Kier molecular flexibility index (Phi) is 5.59. The highest BCUT2D eigenvalue weighted by atomic mass is 19.1. The Morgan fingerprint density at radius 2 is 2.00 bits per heavy atom. The molecule has 3 heterocycles. The molecular weight excluding hydrogens is 387 g/mol. The van der Waals surface area contributed by atoms with E-state index in [-0.39, 0.29) is 24.2 Å². The highest BCUT2D eigenvalue weighted by Crippen LogP contribution is 2.31. The van der Waals surface area contributed by atoms with Crippen molar-refractivity contribution >= 4 is 5.91 Å². The second-order valence-electron chi connectivity index (χ2n) is 7.53. The van der Waals surface area contributed by atoms with E-state index in [1.54, 1.807) is 36.2 Å². The molecule has 1 aromatic carbocycles. The summed E-state index contributed by atoms with van der Waals surface area (Å²) in [6.07, 6.45) is 2.55. The molecule has 156 valence electrons. The number of amides is 1. The van der Waals surface area contributed by atoms with E-state index in [4.69, 9.17) is 9.26 Å². The van der Waals surface area contributed by atoms with Gasteiger partial charge in [-0.2, -0.15) is 0 Å². The molecule has 0 spiro atoms. The van der Waals surface area contributed by atoms with Crippen molar-refractivity contribution in [1.29, 1.82) is 0 Å². The van der Waals surface area contributed by atoms with Crippen LogP contribution >= 0.6 is 0 Å². The van der Waals surface area contributed by atoms with E-state index in [1.165, 1.54) is 12.3 Å². The maximum atomic E-state index is 14.4. The predicted molar refractivity (Wildman–Crippen MR) is 107 cm³/mol. The number of benzene rings is 1. The van der Waals surface area contributed by atoms with Crippen LogP contribution in [0.1, 0.15) is 53.4 Å². The summed E-state index contributed by atoms with van der Waals surface area (Å²) >= 11 is 0. The monoisotopic (exact) mass is 410 g/mol. The van der Waals surface area contributed by atoms with E-state index < -0.39 is 6.10 Å². The number of aromatic nitrogens is 3. The van der Waals surface area contributed by atoms with Crippen LogP contribution in [-0.4, -0.2) is 45.6 Å². The zero-order valence-corrected chi connectivity index (χ0v) is 17.1. The molecule has 1 amide bonds. The lowest BCUT2D eigenvalue weighted by Crippen LogP contribution is -2.43. The number of hydrogen-bond acceptors (Lipinski definition) is 6. The van der Waals surface area contributed by atoms with Crippen molar-refractivity contribution < 1.29 is 18.4 Å². The average Bonchev–Trinajstić information content (AvgIpc) is 3.15. The van der Waals surface area contributed by atoms with E-state index in [9.17, 15) is 9.18 Å². The van der Waals surface area contributed by atoms with E-state index in [1.807, 2.05) is 13.8 Å². The van der Waals surface area contributed by atoms with Crippen molar-refractivity contribution in [3.8, 4) is 11.3 Å². The number of ether oxygens (including phenoxy) is 1. The van der Waals surface area contributed by atoms with Gasteiger partial charge in [-0.25, -0.2) is 4.39 Å². The van der Waals surface area contributed by atoms with E-state index in [0.717, 1.165) is 0 Å². The Hall–Kier alpha value is -3.13. The molecule has 0 unspecified atom stereocenters. The average molecular weight is 410 g/mol. The number of rotatable bonds is 4. The molecule has 1 atom stereocenters. The fourth-order valence-electron chi connectivity index (χ4n) is 3.65. The molecule has 4 rings (SSSR count). The number of carbonyl (C=O) groups excluding carboxylic acids is 1. The molecule has 1 aliphatic rings. The minimum Gasteiger partial charge on any atom is -0.368 e. The summed E-state index contributed by atoms with van der Waals surface area (Å²) in [6, 6.07) is 6.41. The van der Waals surface area contributed by atoms with Crippen molar-refractivity contribution in [2.45, 2.75) is 32.8 Å². The summed E-state index contributed by atoms with van der Waals surface area (Å²) in [6.45, 7) is 6.73. The summed E-state index contributed by atoms with van der Waals surface area (Å²) in [4.78, 5) is 23.7. The Labute approximate surface area is 173 Å². The quantitative estimate of drug-likeness (QED) is 0.649. The number of hydrogen-bond donors (Lipinski definition) is 0. The summed E-state index contributed by atoms with van der Waals surface area (Å²) in [5, 5.41) is 4.05. The van der Waals surface area contributed by atoms with Gasteiger partial charge in [0.05, 0.1) is 30.2 Å². The zero-order valence-electron chi connectivity index (χ0n) is 17.1. The predicted octanol–water partition coefficient (Wildman–Crippen LogP) is 3.92. The largest absolute Gasteiger partial charge is 0.368 e. The standard InChI is InChI=1S/C22H23FN4O3/c1-13(2)19-18(14(3)30-26-19)22(28)27-10-11-29-17(12-27)21-20(24-8-9-25-21)15-6-4-5-7-16(15)23/h4-9,13,17H,10-12H2,1-3H3/t17-/m0/s1. The van der Waals surface area contributed by atoms with Crippen LogP contribution in [-0.2, 0) is 4.74 Å². The number of halogens is 1. The van der Waals surface area contributed by atoms with Crippen molar-refractivity contribution in [2.24, 2.45) is 0 Å². The summed E-state index contributed by atoms with van der Waals surface area (Å²) in [7, 11) is 0. The van der Waals surface area contributed by atoms with Crippen LogP contribution in [0.3, 0.4) is 0 Å². The Morgan fingerprint density at radius 1 is 1.23 bits per heavy atom. The first-order valence-electron chi connectivity index (χ1n) is 9.90. The van der Waals surface area contributed by atoms with Crippen molar-refractivity contribution in [1.82, 2.24) is 20.0 Å². The van der Waals surface area contributed by atoms with Gasteiger partial charge >= 0.3 is 0 Å². The summed E-state index contributed by atoms with van der Waals surface area (Å²) in [5.74, 6) is 0.0240. The first-order chi connectivity index (χ1) is 14.5. The molecule has 1 fully saturated rings. The number of aryl methyl sites for hydroxylation is 1. The third kappa shape index (κ3) is 3.70. The molecule has 1 saturated heterocycles. The molecule has 2 aromatic heterocycles. The first kappa shape index (κ1) is 20.2. The molecule has 0 radical (unpaired) electrons. The van der Waals surface area contributed by atoms with Gasteiger partial charge in [-0.05, 0) is 25.0 Å². The van der Waals surface area contributed by atoms with E-state index >= 15 is 0 Å². The lowest BCUT2D eigenvalue weighted by atomic mass is 10.0. The SMILES string of the molecule is Cc1onc(C(C)C)c1C(=O)N1CCO[C@H](c2nccnc2-c2ccccc2F)C1. The van der Waals surface area contributed by atoms with Crippen LogP contribution in [0.2, 0.25) is 0 Å². The fraction of sp³-hybridized carbons (Fsp3) is 0.364. The molecule has 8 heteroatoms. The third-order valence-corrected chi connectivity index (χ3v) is 5.16. The van der Waals surface area contributed by atoms with Gasteiger partial charge in [0.2, 0.25) is 0 Å². The molecule has 0 aliphatic carbocycles. The van der Waals surface area contributed by atoms with Gasteiger partial charge < -0.3 is 14.2 Å². The van der Waals surface area contributed by atoms with Gasteiger partial charge in [0.15, 0.2) is 0 Å². The second kappa shape index (κ2) is 8.31. The second-order valence-corrected chi connectivity index (χ2v) is 7.53. The van der Waals surface area contributed by atoms with Gasteiger partial charge in [-0.15, -0.1) is 0 Å². The van der Waals surface area contributed by atoms with Crippen molar-refractivity contribution in [3.05, 3.63) is 65.2 Å². The van der Waals surface area contributed by atoms with Gasteiger partial charge in [0.25, 0.3) is 5.91 Å². The summed E-state index contributed by atoms with van der Waals surface area (Å²) < 4.78 is 25.6. The number of carbonyl (C=O) groups is 1. The molecule has 0 N–H and O–H groups in total. The van der Waals surface area contributed by atoms with Crippen LogP contribution in [0, 0.1) is 12.7 Å². The van der Waals surface area contributed by atoms with Gasteiger partial charge in [0, 0.05) is 24.5 Å². The van der Waals surface area contributed by atoms with Crippen LogP contribution in [0.25, 0.3) is 11.3 Å². The maximum Gasteiger partial charge on any atom is 0.259 e. The van der Waals surface area contributed by atoms with Gasteiger partial charge in [-0.1, -0.05) is 31.1 Å². The van der Waals surface area contributed by atoms with Crippen LogP contribution in [0.15, 0.2) is 41.2 Å². The number of nitrogens with zero attached hydrogens (tertiary/aromatic N) is 4. The van der Waals surface area contributed by atoms with Gasteiger partial charge in [-0.3, -0.25) is 14.8 Å². The molecule has 30 heavy (non-hydrogen) atoms. The maximum absolute atomic E-state index is 14.4.